The van der Waals surface area contributed by atoms with E-state index in [4.69, 9.17) is 5.10 Å². The molecule has 0 N–H and O–H groups in total. The first kappa shape index (κ1) is 13.0. The van der Waals surface area contributed by atoms with Crippen molar-refractivity contribution in [2.24, 2.45) is 5.41 Å². The fraction of sp³-hybridized carbons (Fsp3) is 0.688. The Hall–Kier alpha value is -1.65. The molecule has 2 aromatic heterocycles. The summed E-state index contributed by atoms with van der Waals surface area (Å²) < 4.78 is 1.96. The first-order valence-electron chi connectivity index (χ1n) is 8.02. The molecule has 21 heavy (non-hydrogen) atoms. The van der Waals surface area contributed by atoms with Crippen LogP contribution >= 0.6 is 0 Å². The molecule has 0 aromatic carbocycles. The molecule has 5 nitrogen and oxygen atoms in total. The quantitative estimate of drug-likeness (QED) is 0.851. The fourth-order valence-electron chi connectivity index (χ4n) is 3.30. The lowest BCUT2D eigenvalue weighted by molar-refractivity contribution is 0.262. The lowest BCUT2D eigenvalue weighted by atomic mass is 9.81. The van der Waals surface area contributed by atoms with Gasteiger partial charge in [0.1, 0.15) is 5.82 Å². The highest BCUT2D eigenvalue weighted by Crippen LogP contribution is 2.39. The summed E-state index contributed by atoms with van der Waals surface area (Å²) in [4.78, 5) is 2.44. The van der Waals surface area contributed by atoms with E-state index in [0.717, 1.165) is 23.8 Å². The standard InChI is InChI=1S/C16H23N5/c1-11-8-9-16(2,3)10-20(11)14-7-6-13-17-18-15(12-4-5-12)21(13)19-14/h6-7,11-12H,4-5,8-10H2,1-3H3. The number of aromatic nitrogens is 4. The molecule has 3 heterocycles. The summed E-state index contributed by atoms with van der Waals surface area (Å²) in [6, 6.07) is 4.69. The molecule has 0 amide bonds. The van der Waals surface area contributed by atoms with E-state index in [-0.39, 0.29) is 0 Å². The Morgan fingerprint density at radius 2 is 1.95 bits per heavy atom. The van der Waals surface area contributed by atoms with Crippen LogP contribution in [-0.4, -0.2) is 32.4 Å². The summed E-state index contributed by atoms with van der Waals surface area (Å²) in [5.74, 6) is 2.67. The normalized spacial score (nSPS) is 25.5. The van der Waals surface area contributed by atoms with E-state index in [1.807, 2.05) is 4.52 Å². The van der Waals surface area contributed by atoms with Crippen LogP contribution in [0.15, 0.2) is 12.1 Å². The van der Waals surface area contributed by atoms with Gasteiger partial charge in [-0.05, 0) is 50.2 Å². The molecule has 1 saturated heterocycles. The second-order valence-electron chi connectivity index (χ2n) is 7.47. The molecule has 112 valence electrons. The molecule has 1 atom stereocenters. The van der Waals surface area contributed by atoms with Crippen LogP contribution in [0.1, 0.15) is 58.2 Å². The van der Waals surface area contributed by atoms with Gasteiger partial charge in [-0.1, -0.05) is 13.8 Å². The second kappa shape index (κ2) is 4.42. The van der Waals surface area contributed by atoms with E-state index in [1.165, 1.54) is 25.7 Å². The van der Waals surface area contributed by atoms with Gasteiger partial charge in [0.15, 0.2) is 11.5 Å². The number of fused-ring (bicyclic) bond motifs is 1. The summed E-state index contributed by atoms with van der Waals surface area (Å²) in [7, 11) is 0. The predicted molar refractivity (Wildman–Crippen MR) is 82.6 cm³/mol. The number of rotatable bonds is 2. The van der Waals surface area contributed by atoms with Crippen LogP contribution in [0.4, 0.5) is 5.82 Å². The van der Waals surface area contributed by atoms with Gasteiger partial charge in [0.2, 0.25) is 0 Å². The van der Waals surface area contributed by atoms with Crippen molar-refractivity contribution in [3.63, 3.8) is 0 Å². The van der Waals surface area contributed by atoms with Crippen LogP contribution < -0.4 is 4.90 Å². The molecule has 0 radical (unpaired) electrons. The average molecular weight is 285 g/mol. The number of nitrogens with zero attached hydrogens (tertiary/aromatic N) is 5. The summed E-state index contributed by atoms with van der Waals surface area (Å²) in [5, 5.41) is 13.4. The maximum Gasteiger partial charge on any atom is 0.178 e. The van der Waals surface area contributed by atoms with Crippen molar-refractivity contribution in [2.75, 3.05) is 11.4 Å². The molecule has 1 saturated carbocycles. The van der Waals surface area contributed by atoms with Crippen LogP contribution in [0.3, 0.4) is 0 Å². The van der Waals surface area contributed by atoms with Crippen molar-refractivity contribution in [2.45, 2.75) is 58.4 Å². The Kier molecular flexibility index (Phi) is 2.75. The first-order chi connectivity index (χ1) is 10.0. The molecule has 2 fully saturated rings. The third-order valence-electron chi connectivity index (χ3n) is 4.88. The monoisotopic (exact) mass is 285 g/mol. The zero-order valence-electron chi connectivity index (χ0n) is 13.1. The summed E-state index contributed by atoms with van der Waals surface area (Å²) >= 11 is 0. The molecule has 5 heteroatoms. The molecule has 0 spiro atoms. The minimum atomic E-state index is 0.357. The van der Waals surface area contributed by atoms with Crippen LogP contribution in [0, 0.1) is 5.41 Å². The molecule has 1 aliphatic heterocycles. The Labute approximate surface area is 125 Å². The van der Waals surface area contributed by atoms with Crippen molar-refractivity contribution in [1.29, 1.82) is 0 Å². The number of anilines is 1. The fourth-order valence-corrected chi connectivity index (χ4v) is 3.30. The molecule has 2 aromatic rings. The summed E-state index contributed by atoms with van der Waals surface area (Å²) in [5.41, 5.74) is 1.22. The van der Waals surface area contributed by atoms with Gasteiger partial charge in [0.05, 0.1) is 0 Å². The molecular formula is C16H23N5. The third-order valence-corrected chi connectivity index (χ3v) is 4.88. The Morgan fingerprint density at radius 3 is 2.71 bits per heavy atom. The lowest BCUT2D eigenvalue weighted by Gasteiger charge is -2.43. The smallest absolute Gasteiger partial charge is 0.178 e. The minimum absolute atomic E-state index is 0.357. The zero-order chi connectivity index (χ0) is 14.6. The lowest BCUT2D eigenvalue weighted by Crippen LogP contribution is -2.46. The minimum Gasteiger partial charge on any atom is -0.352 e. The van der Waals surface area contributed by atoms with Gasteiger partial charge in [-0.2, -0.15) is 4.52 Å². The van der Waals surface area contributed by atoms with Gasteiger partial charge in [-0.15, -0.1) is 15.3 Å². The van der Waals surface area contributed by atoms with Gasteiger partial charge >= 0.3 is 0 Å². The van der Waals surface area contributed by atoms with Crippen molar-refractivity contribution < 1.29 is 0 Å². The van der Waals surface area contributed by atoms with E-state index in [0.29, 0.717) is 17.4 Å². The molecule has 0 bridgehead atoms. The highest BCUT2D eigenvalue weighted by atomic mass is 15.4. The van der Waals surface area contributed by atoms with Crippen molar-refractivity contribution in [3.05, 3.63) is 18.0 Å². The van der Waals surface area contributed by atoms with Crippen LogP contribution in [0.2, 0.25) is 0 Å². The first-order valence-corrected chi connectivity index (χ1v) is 8.02. The van der Waals surface area contributed by atoms with Gasteiger partial charge in [0, 0.05) is 18.5 Å². The van der Waals surface area contributed by atoms with E-state index < -0.39 is 0 Å². The van der Waals surface area contributed by atoms with Crippen LogP contribution in [0.25, 0.3) is 5.65 Å². The highest BCUT2D eigenvalue weighted by Gasteiger charge is 2.33. The molecular weight excluding hydrogens is 262 g/mol. The molecule has 2 aliphatic rings. The van der Waals surface area contributed by atoms with E-state index in [1.54, 1.807) is 0 Å². The molecule has 1 aliphatic carbocycles. The maximum atomic E-state index is 4.85. The topological polar surface area (TPSA) is 46.3 Å². The number of hydrogen-bond acceptors (Lipinski definition) is 4. The Balaban J connectivity index is 1.73. The summed E-state index contributed by atoms with van der Waals surface area (Å²) in [6.07, 6.45) is 4.96. The van der Waals surface area contributed by atoms with Gasteiger partial charge in [-0.3, -0.25) is 0 Å². The number of piperidine rings is 1. The second-order valence-corrected chi connectivity index (χ2v) is 7.47. The highest BCUT2D eigenvalue weighted by molar-refractivity contribution is 5.47. The van der Waals surface area contributed by atoms with Gasteiger partial charge in [-0.25, -0.2) is 0 Å². The average Bonchev–Trinajstić information content (AvgIpc) is 3.21. The van der Waals surface area contributed by atoms with Crippen LogP contribution in [0.5, 0.6) is 0 Å². The van der Waals surface area contributed by atoms with Crippen LogP contribution in [-0.2, 0) is 0 Å². The van der Waals surface area contributed by atoms with E-state index in [9.17, 15) is 0 Å². The SMILES string of the molecule is CC1CCC(C)(C)CN1c1ccc2nnc(C3CC3)n2n1. The maximum absolute atomic E-state index is 4.85. The van der Waals surface area contributed by atoms with Gasteiger partial charge in [0.25, 0.3) is 0 Å². The zero-order valence-corrected chi connectivity index (χ0v) is 13.1. The van der Waals surface area contributed by atoms with E-state index in [2.05, 4.69) is 48.0 Å². The Bertz CT molecular complexity index is 670. The van der Waals surface area contributed by atoms with Crippen molar-refractivity contribution in [3.8, 4) is 0 Å². The van der Waals surface area contributed by atoms with Crippen molar-refractivity contribution >= 4 is 11.5 Å². The third kappa shape index (κ3) is 2.28. The van der Waals surface area contributed by atoms with E-state index >= 15 is 0 Å². The predicted octanol–water partition coefficient (Wildman–Crippen LogP) is 3.02. The largest absolute Gasteiger partial charge is 0.352 e. The molecule has 1 unspecified atom stereocenters. The van der Waals surface area contributed by atoms with Gasteiger partial charge < -0.3 is 4.90 Å². The Morgan fingerprint density at radius 1 is 1.14 bits per heavy atom. The number of hydrogen-bond donors (Lipinski definition) is 0. The molecule has 4 rings (SSSR count). The summed E-state index contributed by atoms with van der Waals surface area (Å²) in [6.45, 7) is 8.06. The van der Waals surface area contributed by atoms with Crippen molar-refractivity contribution in [1.82, 2.24) is 19.8 Å².